The highest BCUT2D eigenvalue weighted by Crippen LogP contribution is 2.44. The molecule has 0 N–H and O–H groups in total. The second-order valence-electron chi connectivity index (χ2n) is 17.1. The molecule has 0 unspecified atom stereocenters. The molecule has 1 heteroatoms. The zero-order valence-corrected chi connectivity index (χ0v) is 34.2. The van der Waals surface area contributed by atoms with Gasteiger partial charge in [-0.25, -0.2) is 0 Å². The monoisotopic (exact) mass is 796 g/mol. The lowest BCUT2D eigenvalue weighted by Gasteiger charge is -2.16. The van der Waals surface area contributed by atoms with Crippen molar-refractivity contribution in [2.45, 2.75) is 0 Å². The molecule has 1 heterocycles. The van der Waals surface area contributed by atoms with Crippen molar-refractivity contribution in [3.63, 3.8) is 0 Å². The van der Waals surface area contributed by atoms with Gasteiger partial charge in [0.2, 0.25) is 0 Å². The van der Waals surface area contributed by atoms with Crippen LogP contribution in [-0.4, -0.2) is 0 Å². The molecule has 0 fully saturated rings. The molecule has 0 bridgehead atoms. The summed E-state index contributed by atoms with van der Waals surface area (Å²) in [7, 11) is 0. The van der Waals surface area contributed by atoms with Crippen LogP contribution in [0, 0.1) is 0 Å². The van der Waals surface area contributed by atoms with Crippen molar-refractivity contribution >= 4 is 108 Å². The highest BCUT2D eigenvalue weighted by atomic mass is 16.3. The number of rotatable bonds is 3. The lowest BCUT2D eigenvalue weighted by atomic mass is 9.87. The minimum absolute atomic E-state index is 0.899. The molecule has 14 aromatic rings. The zero-order chi connectivity index (χ0) is 41.2. The van der Waals surface area contributed by atoms with E-state index in [0.717, 1.165) is 21.9 Å². The maximum absolute atomic E-state index is 6.44. The first-order valence-electron chi connectivity index (χ1n) is 21.8. The van der Waals surface area contributed by atoms with Crippen molar-refractivity contribution in [1.29, 1.82) is 0 Å². The van der Waals surface area contributed by atoms with Crippen LogP contribution in [0.15, 0.2) is 223 Å². The molecule has 0 aliphatic heterocycles. The SMILES string of the molecule is c1ccc2c(c1)c(-c1ccc3cc(-c4ccc5oc6ccc(-c7ccc8c9ccccc9c9ccccc9c8c7)cc6c5c4)ccc3c1)cc1c3ccccc3c3ccccc3c21. The Balaban J connectivity index is 0.867. The van der Waals surface area contributed by atoms with Gasteiger partial charge in [0.25, 0.3) is 0 Å². The summed E-state index contributed by atoms with van der Waals surface area (Å²) in [5, 5.41) is 22.8. The highest BCUT2D eigenvalue weighted by molar-refractivity contribution is 6.33. The average molecular weight is 797 g/mol. The molecule has 63 heavy (non-hydrogen) atoms. The number of hydrogen-bond donors (Lipinski definition) is 0. The van der Waals surface area contributed by atoms with Crippen LogP contribution in [0.4, 0.5) is 0 Å². The third-order valence-electron chi connectivity index (χ3n) is 13.8. The Kier molecular flexibility index (Phi) is 7.17. The summed E-state index contributed by atoms with van der Waals surface area (Å²) in [5.74, 6) is 0. The molecular weight excluding hydrogens is 761 g/mol. The molecular formula is C62H36O. The van der Waals surface area contributed by atoms with Crippen molar-refractivity contribution in [3.8, 4) is 33.4 Å². The van der Waals surface area contributed by atoms with Crippen molar-refractivity contribution < 1.29 is 4.42 Å². The quantitative estimate of drug-likeness (QED) is 0.162. The predicted molar refractivity (Wildman–Crippen MR) is 270 cm³/mol. The lowest BCUT2D eigenvalue weighted by Crippen LogP contribution is -1.89. The molecule has 0 atom stereocenters. The smallest absolute Gasteiger partial charge is 0.135 e. The van der Waals surface area contributed by atoms with Gasteiger partial charge in [-0.2, -0.15) is 0 Å². The summed E-state index contributed by atoms with van der Waals surface area (Å²) in [4.78, 5) is 0. The van der Waals surface area contributed by atoms with Gasteiger partial charge in [-0.05, 0) is 168 Å². The number of hydrogen-bond acceptors (Lipinski definition) is 1. The van der Waals surface area contributed by atoms with Crippen LogP contribution in [0.5, 0.6) is 0 Å². The van der Waals surface area contributed by atoms with Gasteiger partial charge in [0, 0.05) is 10.8 Å². The van der Waals surface area contributed by atoms with Gasteiger partial charge >= 0.3 is 0 Å². The van der Waals surface area contributed by atoms with Crippen LogP contribution in [0.2, 0.25) is 0 Å². The van der Waals surface area contributed by atoms with E-state index in [9.17, 15) is 0 Å². The van der Waals surface area contributed by atoms with Crippen molar-refractivity contribution in [2.24, 2.45) is 0 Å². The number of benzene rings is 13. The van der Waals surface area contributed by atoms with E-state index in [2.05, 4.69) is 218 Å². The molecule has 0 saturated carbocycles. The number of fused-ring (bicyclic) bond motifs is 18. The standard InChI is InChI=1S/C62H36O/c1-2-13-46-44(11-1)45-12-3-5-16-49(45)56-33-40(25-28-52(46)56)42-27-30-61-58(35-42)57-34-41(26-29-60(57)63-61)38-21-22-39-32-43(24-23-37(39)31-38)55-36-59-50-17-6-4-14-47(50)48-15-7-9-19-53(48)62(59)54-20-10-8-18-51(54)55/h1-36H. The normalized spacial score (nSPS) is 12.1. The Hall–Kier alpha value is -8.26. The van der Waals surface area contributed by atoms with Crippen molar-refractivity contribution in [1.82, 2.24) is 0 Å². The molecule has 13 aromatic carbocycles. The van der Waals surface area contributed by atoms with Crippen LogP contribution in [-0.2, 0) is 0 Å². The minimum atomic E-state index is 0.899. The van der Waals surface area contributed by atoms with Gasteiger partial charge in [0.15, 0.2) is 0 Å². The lowest BCUT2D eigenvalue weighted by molar-refractivity contribution is 0.669. The molecule has 0 spiro atoms. The first-order valence-corrected chi connectivity index (χ1v) is 21.8. The van der Waals surface area contributed by atoms with Crippen LogP contribution in [0.1, 0.15) is 0 Å². The van der Waals surface area contributed by atoms with Gasteiger partial charge in [0.1, 0.15) is 11.2 Å². The van der Waals surface area contributed by atoms with E-state index in [0.29, 0.717) is 0 Å². The minimum Gasteiger partial charge on any atom is -0.456 e. The topological polar surface area (TPSA) is 13.1 Å². The van der Waals surface area contributed by atoms with E-state index in [1.807, 2.05) is 0 Å². The summed E-state index contributed by atoms with van der Waals surface area (Å²) in [6.45, 7) is 0. The fourth-order valence-corrected chi connectivity index (χ4v) is 10.8. The third-order valence-corrected chi connectivity index (χ3v) is 13.8. The summed E-state index contributed by atoms with van der Waals surface area (Å²) >= 11 is 0. The molecule has 0 amide bonds. The molecule has 14 rings (SSSR count). The van der Waals surface area contributed by atoms with Crippen LogP contribution >= 0.6 is 0 Å². The molecule has 0 saturated heterocycles. The molecule has 0 aliphatic rings. The Morgan fingerprint density at radius 3 is 1.11 bits per heavy atom. The van der Waals surface area contributed by atoms with Gasteiger partial charge in [0.05, 0.1) is 0 Å². The molecule has 290 valence electrons. The summed E-state index contributed by atoms with van der Waals surface area (Å²) in [6.07, 6.45) is 0. The van der Waals surface area contributed by atoms with E-state index in [4.69, 9.17) is 4.42 Å². The first-order chi connectivity index (χ1) is 31.2. The second kappa shape index (κ2) is 13.1. The maximum Gasteiger partial charge on any atom is 0.135 e. The Morgan fingerprint density at radius 1 is 0.206 bits per heavy atom. The Bertz CT molecular complexity index is 4230. The second-order valence-corrected chi connectivity index (χ2v) is 17.1. The van der Waals surface area contributed by atoms with E-state index in [-0.39, 0.29) is 0 Å². The summed E-state index contributed by atoms with van der Waals surface area (Å²) < 4.78 is 6.44. The van der Waals surface area contributed by atoms with Crippen LogP contribution < -0.4 is 0 Å². The average Bonchev–Trinajstić information content (AvgIpc) is 3.73. The van der Waals surface area contributed by atoms with Crippen molar-refractivity contribution in [3.05, 3.63) is 218 Å². The van der Waals surface area contributed by atoms with Gasteiger partial charge in [-0.1, -0.05) is 170 Å². The van der Waals surface area contributed by atoms with Crippen LogP contribution in [0.3, 0.4) is 0 Å². The van der Waals surface area contributed by atoms with E-state index in [1.54, 1.807) is 0 Å². The summed E-state index contributed by atoms with van der Waals surface area (Å²) in [6, 6.07) is 80.6. The van der Waals surface area contributed by atoms with Crippen molar-refractivity contribution in [2.75, 3.05) is 0 Å². The fraction of sp³-hybridized carbons (Fsp3) is 0. The fourth-order valence-electron chi connectivity index (χ4n) is 10.8. The maximum atomic E-state index is 6.44. The van der Waals surface area contributed by atoms with Gasteiger partial charge < -0.3 is 4.42 Å². The van der Waals surface area contributed by atoms with E-state index < -0.39 is 0 Å². The van der Waals surface area contributed by atoms with Crippen LogP contribution in [0.25, 0.3) is 141 Å². The predicted octanol–water partition coefficient (Wildman–Crippen LogP) is 17.8. The molecule has 0 radical (unpaired) electrons. The number of furan rings is 1. The first kappa shape index (κ1) is 34.5. The Morgan fingerprint density at radius 2 is 0.556 bits per heavy atom. The highest BCUT2D eigenvalue weighted by Gasteiger charge is 2.17. The molecule has 0 aliphatic carbocycles. The van der Waals surface area contributed by atoms with Gasteiger partial charge in [-0.15, -0.1) is 0 Å². The summed E-state index contributed by atoms with van der Waals surface area (Å²) in [5.41, 5.74) is 9.01. The van der Waals surface area contributed by atoms with E-state index >= 15 is 0 Å². The molecule has 1 nitrogen and oxygen atoms in total. The third kappa shape index (κ3) is 5.11. The Labute approximate surface area is 362 Å². The van der Waals surface area contributed by atoms with Gasteiger partial charge in [-0.3, -0.25) is 0 Å². The largest absolute Gasteiger partial charge is 0.456 e. The molecule has 1 aromatic heterocycles. The zero-order valence-electron chi connectivity index (χ0n) is 34.2. The van der Waals surface area contributed by atoms with E-state index in [1.165, 1.54) is 120 Å².